The van der Waals surface area contributed by atoms with E-state index in [4.69, 9.17) is 0 Å². The average Bonchev–Trinajstić information content (AvgIpc) is 2.73. The van der Waals surface area contributed by atoms with Crippen molar-refractivity contribution in [2.24, 2.45) is 0 Å². The highest BCUT2D eigenvalue weighted by Crippen LogP contribution is 2.34. The SMILES string of the molecule is CS(=O)(=O)N1CCCN(C(=O)C2CCc3ccccc32)CC1. The summed E-state index contributed by atoms with van der Waals surface area (Å²) in [5, 5.41) is 0. The third-order valence-corrected chi connectivity index (χ3v) is 5.97. The molecule has 1 aliphatic carbocycles. The zero-order valence-corrected chi connectivity index (χ0v) is 13.7. The average molecular weight is 322 g/mol. The van der Waals surface area contributed by atoms with Crippen LogP contribution in [-0.4, -0.2) is 56.0 Å². The molecule has 1 atom stereocenters. The van der Waals surface area contributed by atoms with Crippen molar-refractivity contribution in [2.45, 2.75) is 25.2 Å². The van der Waals surface area contributed by atoms with Crippen molar-refractivity contribution in [1.82, 2.24) is 9.21 Å². The van der Waals surface area contributed by atoms with Gasteiger partial charge in [-0.3, -0.25) is 4.79 Å². The Balaban J connectivity index is 1.72. The Morgan fingerprint density at radius 2 is 1.91 bits per heavy atom. The van der Waals surface area contributed by atoms with E-state index in [9.17, 15) is 13.2 Å². The second-order valence-corrected chi connectivity index (χ2v) is 8.11. The van der Waals surface area contributed by atoms with Gasteiger partial charge in [-0.25, -0.2) is 12.7 Å². The van der Waals surface area contributed by atoms with E-state index in [-0.39, 0.29) is 11.8 Å². The summed E-state index contributed by atoms with van der Waals surface area (Å²) < 4.78 is 24.8. The maximum atomic E-state index is 12.8. The fourth-order valence-corrected chi connectivity index (χ4v) is 4.35. The lowest BCUT2D eigenvalue weighted by Gasteiger charge is -2.24. The fraction of sp³-hybridized carbons (Fsp3) is 0.562. The van der Waals surface area contributed by atoms with Gasteiger partial charge in [-0.15, -0.1) is 0 Å². The van der Waals surface area contributed by atoms with Crippen molar-refractivity contribution in [3.05, 3.63) is 35.4 Å². The van der Waals surface area contributed by atoms with Gasteiger partial charge in [0, 0.05) is 26.2 Å². The molecular formula is C16H22N2O3S. The molecule has 3 rings (SSSR count). The minimum atomic E-state index is -3.17. The first kappa shape index (κ1) is 15.5. The molecule has 0 spiro atoms. The number of hydrogen-bond donors (Lipinski definition) is 0. The number of fused-ring (bicyclic) bond motifs is 1. The lowest BCUT2D eigenvalue weighted by Crippen LogP contribution is -2.38. The molecule has 6 heteroatoms. The van der Waals surface area contributed by atoms with Crippen LogP contribution in [0.4, 0.5) is 0 Å². The number of aryl methyl sites for hydroxylation is 1. The van der Waals surface area contributed by atoms with E-state index < -0.39 is 10.0 Å². The third kappa shape index (κ3) is 3.03. The van der Waals surface area contributed by atoms with E-state index in [2.05, 4.69) is 6.07 Å². The molecule has 0 radical (unpaired) electrons. The Labute approximate surface area is 132 Å². The highest BCUT2D eigenvalue weighted by Gasteiger charge is 2.32. The van der Waals surface area contributed by atoms with Crippen molar-refractivity contribution in [3.63, 3.8) is 0 Å². The van der Waals surface area contributed by atoms with Gasteiger partial charge in [0.15, 0.2) is 0 Å². The van der Waals surface area contributed by atoms with Crippen LogP contribution in [0, 0.1) is 0 Å². The maximum absolute atomic E-state index is 12.8. The molecule has 120 valence electrons. The van der Waals surface area contributed by atoms with Crippen molar-refractivity contribution in [2.75, 3.05) is 32.4 Å². The Morgan fingerprint density at radius 1 is 1.14 bits per heavy atom. The van der Waals surface area contributed by atoms with Gasteiger partial charge in [0.1, 0.15) is 0 Å². The van der Waals surface area contributed by atoms with Gasteiger partial charge in [-0.1, -0.05) is 24.3 Å². The van der Waals surface area contributed by atoms with Gasteiger partial charge >= 0.3 is 0 Å². The number of amides is 1. The largest absolute Gasteiger partial charge is 0.341 e. The van der Waals surface area contributed by atoms with Gasteiger partial charge < -0.3 is 4.90 Å². The molecule has 22 heavy (non-hydrogen) atoms. The first-order valence-corrected chi connectivity index (χ1v) is 9.63. The summed E-state index contributed by atoms with van der Waals surface area (Å²) in [5.41, 5.74) is 2.42. The van der Waals surface area contributed by atoms with Gasteiger partial charge in [0.05, 0.1) is 12.2 Å². The van der Waals surface area contributed by atoms with Crippen LogP contribution in [0.3, 0.4) is 0 Å². The Hall–Kier alpha value is -1.40. The van der Waals surface area contributed by atoms with E-state index in [0.29, 0.717) is 32.6 Å². The summed E-state index contributed by atoms with van der Waals surface area (Å²) >= 11 is 0. The lowest BCUT2D eigenvalue weighted by atomic mass is 10.00. The van der Waals surface area contributed by atoms with E-state index in [1.54, 1.807) is 0 Å². The minimum absolute atomic E-state index is 0.0546. The van der Waals surface area contributed by atoms with Crippen LogP contribution in [0.5, 0.6) is 0 Å². The van der Waals surface area contributed by atoms with Crippen molar-refractivity contribution >= 4 is 15.9 Å². The van der Waals surface area contributed by atoms with Gasteiger partial charge in [0.2, 0.25) is 15.9 Å². The normalized spacial score (nSPS) is 23.1. The van der Waals surface area contributed by atoms with Gasteiger partial charge in [0.25, 0.3) is 0 Å². The Kier molecular flexibility index (Phi) is 4.23. The van der Waals surface area contributed by atoms with Crippen LogP contribution < -0.4 is 0 Å². The van der Waals surface area contributed by atoms with E-state index >= 15 is 0 Å². The van der Waals surface area contributed by atoms with E-state index in [1.165, 1.54) is 16.1 Å². The molecule has 1 saturated heterocycles. The van der Waals surface area contributed by atoms with Crippen molar-refractivity contribution in [3.8, 4) is 0 Å². The second-order valence-electron chi connectivity index (χ2n) is 6.13. The van der Waals surface area contributed by atoms with Crippen LogP contribution in [0.2, 0.25) is 0 Å². The molecule has 1 amide bonds. The summed E-state index contributed by atoms with van der Waals surface area (Å²) in [5.74, 6) is 0.0984. The molecule has 1 unspecified atom stereocenters. The van der Waals surface area contributed by atoms with Gasteiger partial charge in [-0.05, 0) is 30.4 Å². The fourth-order valence-electron chi connectivity index (χ4n) is 3.48. The summed E-state index contributed by atoms with van der Waals surface area (Å²) in [7, 11) is -3.17. The van der Waals surface area contributed by atoms with Crippen LogP contribution in [-0.2, 0) is 21.2 Å². The molecule has 1 aliphatic heterocycles. The topological polar surface area (TPSA) is 57.7 Å². The lowest BCUT2D eigenvalue weighted by molar-refractivity contribution is -0.132. The van der Waals surface area contributed by atoms with Crippen LogP contribution in [0.15, 0.2) is 24.3 Å². The molecule has 0 aromatic heterocycles. The first-order chi connectivity index (χ1) is 10.5. The molecule has 0 N–H and O–H groups in total. The third-order valence-electron chi connectivity index (χ3n) is 4.67. The van der Waals surface area contributed by atoms with Crippen molar-refractivity contribution < 1.29 is 13.2 Å². The Morgan fingerprint density at radius 3 is 2.68 bits per heavy atom. The summed E-state index contributed by atoms with van der Waals surface area (Å²) in [4.78, 5) is 14.7. The minimum Gasteiger partial charge on any atom is -0.341 e. The summed E-state index contributed by atoms with van der Waals surface area (Å²) in [6.45, 7) is 2.04. The number of carbonyl (C=O) groups is 1. The van der Waals surface area contributed by atoms with Crippen LogP contribution >= 0.6 is 0 Å². The highest BCUT2D eigenvalue weighted by atomic mass is 32.2. The zero-order chi connectivity index (χ0) is 15.7. The monoisotopic (exact) mass is 322 g/mol. The van der Waals surface area contributed by atoms with Crippen molar-refractivity contribution in [1.29, 1.82) is 0 Å². The Bertz CT molecular complexity index is 672. The quantitative estimate of drug-likeness (QED) is 0.822. The van der Waals surface area contributed by atoms with Crippen LogP contribution in [0.1, 0.15) is 29.9 Å². The molecule has 1 aromatic rings. The predicted octanol–water partition coefficient (Wildman–Crippen LogP) is 1.21. The number of benzene rings is 1. The molecule has 5 nitrogen and oxygen atoms in total. The number of carbonyl (C=O) groups excluding carboxylic acids is 1. The second kappa shape index (κ2) is 6.01. The van der Waals surface area contributed by atoms with E-state index in [1.807, 2.05) is 23.1 Å². The molecule has 0 bridgehead atoms. The first-order valence-electron chi connectivity index (χ1n) is 7.78. The maximum Gasteiger partial charge on any atom is 0.230 e. The number of rotatable bonds is 2. The summed E-state index contributed by atoms with van der Waals surface area (Å²) in [6, 6.07) is 8.14. The summed E-state index contributed by atoms with van der Waals surface area (Å²) in [6.07, 6.45) is 3.76. The van der Waals surface area contributed by atoms with Crippen LogP contribution in [0.25, 0.3) is 0 Å². The predicted molar refractivity (Wildman–Crippen MR) is 85.1 cm³/mol. The smallest absolute Gasteiger partial charge is 0.230 e. The molecule has 1 fully saturated rings. The molecular weight excluding hydrogens is 300 g/mol. The molecule has 1 heterocycles. The number of hydrogen-bond acceptors (Lipinski definition) is 3. The molecule has 0 saturated carbocycles. The number of nitrogens with zero attached hydrogens (tertiary/aromatic N) is 2. The number of sulfonamides is 1. The molecule has 2 aliphatic rings. The standard InChI is InChI=1S/C16H22N2O3S/c1-22(20,21)18-10-4-9-17(11-12-18)16(19)15-8-7-13-5-2-3-6-14(13)15/h2-3,5-6,15H,4,7-12H2,1H3. The van der Waals surface area contributed by atoms with Gasteiger partial charge in [-0.2, -0.15) is 0 Å². The highest BCUT2D eigenvalue weighted by molar-refractivity contribution is 7.88. The van der Waals surface area contributed by atoms with E-state index in [0.717, 1.165) is 18.4 Å². The zero-order valence-electron chi connectivity index (χ0n) is 12.9. The molecule has 1 aromatic carbocycles.